The fraction of sp³-hybridized carbons (Fsp3) is 0.143. The van der Waals surface area contributed by atoms with Crippen molar-refractivity contribution in [2.45, 2.75) is 19.8 Å². The Balaban J connectivity index is 2.15. The first kappa shape index (κ1) is 18.8. The van der Waals surface area contributed by atoms with Crippen LogP contribution in [0, 0.1) is 0 Å². The molecule has 0 radical (unpaired) electrons. The minimum atomic E-state index is -3.45. The van der Waals surface area contributed by atoms with Crippen LogP contribution in [0.5, 0.6) is 11.5 Å². The van der Waals surface area contributed by atoms with Crippen molar-refractivity contribution in [3.63, 3.8) is 0 Å². The lowest BCUT2D eigenvalue weighted by Gasteiger charge is -2.17. The van der Waals surface area contributed by atoms with E-state index in [0.717, 1.165) is 24.0 Å². The van der Waals surface area contributed by atoms with E-state index in [4.69, 9.17) is 9.05 Å². The summed E-state index contributed by atoms with van der Waals surface area (Å²) in [6.07, 6.45) is 6.89. The van der Waals surface area contributed by atoms with E-state index in [1.54, 1.807) is 37.3 Å². The summed E-state index contributed by atoms with van der Waals surface area (Å²) in [6.45, 7) is 9.21. The summed E-state index contributed by atoms with van der Waals surface area (Å²) >= 11 is 0. The van der Waals surface area contributed by atoms with Crippen LogP contribution in [-0.2, 0) is 17.4 Å². The molecule has 0 N–H and O–H groups in total. The quantitative estimate of drug-likeness (QED) is 0.390. The second-order valence-electron chi connectivity index (χ2n) is 5.48. The van der Waals surface area contributed by atoms with E-state index in [1.165, 1.54) is 5.82 Å². The van der Waals surface area contributed by atoms with Gasteiger partial charge in [0, 0.05) is 5.82 Å². The van der Waals surface area contributed by atoms with Gasteiger partial charge in [0.15, 0.2) is 0 Å². The van der Waals surface area contributed by atoms with Gasteiger partial charge in [-0.3, -0.25) is 0 Å². The van der Waals surface area contributed by atoms with Gasteiger partial charge >= 0.3 is 7.60 Å². The van der Waals surface area contributed by atoms with Crippen molar-refractivity contribution in [2.75, 3.05) is 0 Å². The third-order valence-corrected chi connectivity index (χ3v) is 5.00. The first-order valence-electron chi connectivity index (χ1n) is 8.11. The molecular formula is C21H23O3P. The highest BCUT2D eigenvalue weighted by molar-refractivity contribution is 7.58. The van der Waals surface area contributed by atoms with Gasteiger partial charge in [-0.15, -0.1) is 13.2 Å². The zero-order valence-corrected chi connectivity index (χ0v) is 15.3. The van der Waals surface area contributed by atoms with Gasteiger partial charge in [0.25, 0.3) is 0 Å². The van der Waals surface area contributed by atoms with Gasteiger partial charge in [-0.1, -0.05) is 42.5 Å². The zero-order chi connectivity index (χ0) is 18.1. The molecule has 2 rings (SSSR count). The van der Waals surface area contributed by atoms with Crippen LogP contribution >= 0.6 is 7.60 Å². The molecule has 0 atom stereocenters. The SMILES string of the molecule is C=CCc1ccc(OP(=O)(C=CC)Oc2ccc(CC=C)cc2)cc1. The lowest BCUT2D eigenvalue weighted by atomic mass is 10.1. The van der Waals surface area contributed by atoms with Crippen molar-refractivity contribution in [3.8, 4) is 11.5 Å². The van der Waals surface area contributed by atoms with Crippen molar-refractivity contribution in [1.82, 2.24) is 0 Å². The standard InChI is InChI=1S/C21H23O3P/c1-4-7-18-9-13-20(14-10-18)23-25(22,17-6-3)24-21-15-11-19(8-5-2)12-16-21/h4-6,9-17H,1-2,7-8H2,3H3. The molecule has 0 bridgehead atoms. The molecule has 25 heavy (non-hydrogen) atoms. The van der Waals surface area contributed by atoms with Crippen LogP contribution in [-0.4, -0.2) is 0 Å². The van der Waals surface area contributed by atoms with Crippen LogP contribution in [0.1, 0.15) is 18.1 Å². The van der Waals surface area contributed by atoms with E-state index in [0.29, 0.717) is 11.5 Å². The molecule has 0 fully saturated rings. The lowest BCUT2D eigenvalue weighted by Crippen LogP contribution is -1.99. The Morgan fingerprint density at radius 2 is 1.24 bits per heavy atom. The van der Waals surface area contributed by atoms with Crippen molar-refractivity contribution in [1.29, 1.82) is 0 Å². The van der Waals surface area contributed by atoms with Crippen LogP contribution in [0.2, 0.25) is 0 Å². The molecule has 0 unspecified atom stereocenters. The smallest absolute Gasteiger partial charge is 0.413 e. The highest BCUT2D eigenvalue weighted by Crippen LogP contribution is 2.49. The predicted molar refractivity (Wildman–Crippen MR) is 104 cm³/mol. The number of hydrogen-bond donors (Lipinski definition) is 0. The summed E-state index contributed by atoms with van der Waals surface area (Å²) < 4.78 is 24.3. The Labute approximate surface area is 149 Å². The molecule has 2 aromatic carbocycles. The highest BCUT2D eigenvalue weighted by Gasteiger charge is 2.24. The van der Waals surface area contributed by atoms with Crippen LogP contribution in [0.4, 0.5) is 0 Å². The van der Waals surface area contributed by atoms with E-state index in [2.05, 4.69) is 13.2 Å². The van der Waals surface area contributed by atoms with Crippen LogP contribution in [0.3, 0.4) is 0 Å². The third kappa shape index (κ3) is 5.81. The van der Waals surface area contributed by atoms with Gasteiger partial charge in [0.2, 0.25) is 0 Å². The summed E-state index contributed by atoms with van der Waals surface area (Å²) in [4.78, 5) is 0. The molecule has 0 saturated heterocycles. The molecule has 2 aromatic rings. The van der Waals surface area contributed by atoms with Crippen molar-refractivity contribution in [3.05, 3.63) is 96.9 Å². The van der Waals surface area contributed by atoms with E-state index < -0.39 is 7.60 Å². The van der Waals surface area contributed by atoms with Gasteiger partial charge in [0.05, 0.1) is 0 Å². The molecule has 0 amide bonds. The summed E-state index contributed by atoms with van der Waals surface area (Å²) in [5, 5.41) is 0. The van der Waals surface area contributed by atoms with E-state index in [9.17, 15) is 4.57 Å². The fourth-order valence-corrected chi connectivity index (χ4v) is 3.62. The predicted octanol–water partition coefficient (Wildman–Crippen LogP) is 6.33. The Morgan fingerprint density at radius 3 is 1.56 bits per heavy atom. The van der Waals surface area contributed by atoms with Gasteiger partial charge < -0.3 is 9.05 Å². The summed E-state index contributed by atoms with van der Waals surface area (Å²) in [5.74, 6) is 2.46. The summed E-state index contributed by atoms with van der Waals surface area (Å²) in [5.41, 5.74) is 2.23. The number of rotatable bonds is 9. The molecule has 0 aliphatic carbocycles. The van der Waals surface area contributed by atoms with Gasteiger partial charge in [-0.05, 0) is 55.2 Å². The normalized spacial score (nSPS) is 11.2. The Kier molecular flexibility index (Phi) is 6.85. The lowest BCUT2D eigenvalue weighted by molar-refractivity contribution is 0.398. The molecule has 4 heteroatoms. The molecule has 3 nitrogen and oxygen atoms in total. The Hall–Kier alpha value is -2.51. The molecule has 0 aliphatic rings. The average Bonchev–Trinajstić information content (AvgIpc) is 2.59. The zero-order valence-electron chi connectivity index (χ0n) is 14.4. The molecule has 0 spiro atoms. The second-order valence-corrected chi connectivity index (χ2v) is 7.22. The van der Waals surface area contributed by atoms with E-state index in [-0.39, 0.29) is 0 Å². The molecular weight excluding hydrogens is 331 g/mol. The Bertz CT molecular complexity index is 714. The van der Waals surface area contributed by atoms with Crippen LogP contribution in [0.25, 0.3) is 0 Å². The van der Waals surface area contributed by atoms with Crippen molar-refractivity contribution < 1.29 is 13.6 Å². The molecule has 0 heterocycles. The van der Waals surface area contributed by atoms with Crippen LogP contribution in [0.15, 0.2) is 85.7 Å². The second kappa shape index (κ2) is 9.10. The minimum absolute atomic E-state index is 0.498. The maximum Gasteiger partial charge on any atom is 0.455 e. The van der Waals surface area contributed by atoms with E-state index in [1.807, 2.05) is 36.4 Å². The minimum Gasteiger partial charge on any atom is -0.413 e. The fourth-order valence-electron chi connectivity index (χ4n) is 2.26. The first-order valence-corrected chi connectivity index (χ1v) is 9.72. The van der Waals surface area contributed by atoms with E-state index >= 15 is 0 Å². The number of benzene rings is 2. The monoisotopic (exact) mass is 354 g/mol. The number of hydrogen-bond acceptors (Lipinski definition) is 3. The summed E-state index contributed by atoms with van der Waals surface area (Å²) in [7, 11) is -3.45. The average molecular weight is 354 g/mol. The van der Waals surface area contributed by atoms with Crippen molar-refractivity contribution in [2.24, 2.45) is 0 Å². The topological polar surface area (TPSA) is 35.5 Å². The molecule has 0 aliphatic heterocycles. The maximum absolute atomic E-state index is 13.0. The van der Waals surface area contributed by atoms with Gasteiger partial charge in [0.1, 0.15) is 11.5 Å². The van der Waals surface area contributed by atoms with Gasteiger partial charge in [-0.2, -0.15) is 0 Å². The van der Waals surface area contributed by atoms with Crippen molar-refractivity contribution >= 4 is 7.60 Å². The third-order valence-electron chi connectivity index (χ3n) is 3.40. The number of allylic oxidation sites excluding steroid dienone is 3. The summed E-state index contributed by atoms with van der Waals surface area (Å²) in [6, 6.07) is 14.8. The highest BCUT2D eigenvalue weighted by atomic mass is 31.2. The molecule has 0 aromatic heterocycles. The van der Waals surface area contributed by atoms with Crippen LogP contribution < -0.4 is 9.05 Å². The molecule has 0 saturated carbocycles. The molecule has 130 valence electrons. The Morgan fingerprint density at radius 1 is 0.840 bits per heavy atom. The van der Waals surface area contributed by atoms with Gasteiger partial charge in [-0.25, -0.2) is 4.57 Å². The first-order chi connectivity index (χ1) is 12.1. The largest absolute Gasteiger partial charge is 0.455 e. The maximum atomic E-state index is 13.0.